The van der Waals surface area contributed by atoms with Gasteiger partial charge in [-0.1, -0.05) is 97.1 Å². The van der Waals surface area contributed by atoms with Gasteiger partial charge >= 0.3 is 6.85 Å². The second-order valence-electron chi connectivity index (χ2n) is 13.8. The van der Waals surface area contributed by atoms with E-state index in [1.54, 1.807) is 0 Å². The van der Waals surface area contributed by atoms with Crippen LogP contribution in [0.1, 0.15) is 11.1 Å². The molecule has 48 heavy (non-hydrogen) atoms. The van der Waals surface area contributed by atoms with Crippen LogP contribution in [0.3, 0.4) is 0 Å². The Balaban J connectivity index is 1.33. The van der Waals surface area contributed by atoms with E-state index >= 15 is 0 Å². The van der Waals surface area contributed by atoms with Crippen LogP contribution in [0, 0.1) is 13.8 Å². The van der Waals surface area contributed by atoms with Gasteiger partial charge in [0.05, 0.1) is 27.6 Å². The largest absolute Gasteiger partial charge is 0.376 e. The van der Waals surface area contributed by atoms with Crippen LogP contribution in [0.25, 0.3) is 76.7 Å². The van der Waals surface area contributed by atoms with Gasteiger partial charge in [-0.2, -0.15) is 0 Å². The molecule has 0 radical (unpaired) electrons. The highest BCUT2D eigenvalue weighted by Gasteiger charge is 2.45. The lowest BCUT2D eigenvalue weighted by molar-refractivity contribution is 1.17. The zero-order valence-corrected chi connectivity index (χ0v) is 26.6. The average molecular weight is 610 g/mol. The Bertz CT molecular complexity index is 3050. The topological polar surface area (TPSA) is 12.6 Å². The molecule has 0 unspecified atom stereocenters. The highest BCUT2D eigenvalue weighted by molar-refractivity contribution is 6.93. The summed E-state index contributed by atoms with van der Waals surface area (Å²) >= 11 is 0. The Morgan fingerprint density at radius 1 is 0.500 bits per heavy atom. The summed E-state index contributed by atoms with van der Waals surface area (Å²) in [4.78, 5) is 2.66. The molecule has 10 aromatic rings. The van der Waals surface area contributed by atoms with E-state index < -0.39 is 0 Å². The van der Waals surface area contributed by atoms with Gasteiger partial charge in [-0.15, -0.1) is 0 Å². The lowest BCUT2D eigenvalue weighted by Crippen LogP contribution is -2.60. The Labute approximate surface area is 277 Å². The van der Waals surface area contributed by atoms with Crippen molar-refractivity contribution in [1.29, 1.82) is 0 Å². The van der Waals surface area contributed by atoms with Crippen molar-refractivity contribution in [2.75, 3.05) is 4.81 Å². The van der Waals surface area contributed by atoms with Gasteiger partial charge in [-0.3, -0.25) is 0 Å². The molecule has 0 N–H and O–H groups in total. The predicted octanol–water partition coefficient (Wildman–Crippen LogP) is 9.79. The number of rotatable bonds is 1. The van der Waals surface area contributed by atoms with Gasteiger partial charge in [-0.05, 0) is 77.9 Å². The van der Waals surface area contributed by atoms with Crippen LogP contribution in [0.4, 0.5) is 11.4 Å². The van der Waals surface area contributed by atoms with E-state index in [2.05, 4.69) is 161 Å². The van der Waals surface area contributed by atoms with E-state index in [4.69, 9.17) is 0 Å². The monoisotopic (exact) mass is 609 g/mol. The molecule has 3 aromatic heterocycles. The van der Waals surface area contributed by atoms with Gasteiger partial charge in [0.15, 0.2) is 0 Å². The number of anilines is 2. The van der Waals surface area contributed by atoms with Crippen LogP contribution in [-0.2, 0) is 0 Å². The minimum absolute atomic E-state index is 0.0275. The fraction of sp³-hybridized carbons (Fsp3) is 0.0455. The van der Waals surface area contributed by atoms with E-state index in [9.17, 15) is 0 Å². The maximum absolute atomic E-state index is 2.66. The molecule has 2 aliphatic rings. The smallest absolute Gasteiger partial charge is 0.333 e. The second-order valence-corrected chi connectivity index (χ2v) is 13.8. The van der Waals surface area contributed by atoms with Gasteiger partial charge in [-0.25, -0.2) is 0 Å². The fourth-order valence-electron chi connectivity index (χ4n) is 9.62. The number of benzene rings is 7. The summed E-state index contributed by atoms with van der Waals surface area (Å²) < 4.78 is 5.07. The minimum Gasteiger partial charge on any atom is -0.376 e. The summed E-state index contributed by atoms with van der Waals surface area (Å²) in [5, 5.41) is 7.91. The van der Waals surface area contributed by atoms with Gasteiger partial charge < -0.3 is 13.8 Å². The van der Waals surface area contributed by atoms with Crippen molar-refractivity contribution >= 4 is 89.0 Å². The quantitative estimate of drug-likeness (QED) is 0.169. The molecule has 7 aromatic carbocycles. The molecular formula is C44H28BN3. The standard InChI is InChI=1S/C44H28BN3/c1-25-23-32-41-38(22-21-37-40(41)31-16-9-14-29-27-12-4-7-19-35(27)46(37)43(29)31)48(34-18-6-3-11-26(34)2)45-33-17-10-15-30-28-13-5-8-20-36(28)47(44(30)33)39(24-25)42(32)45/h3-24H,1-2H3. The van der Waals surface area contributed by atoms with Crippen LogP contribution in [0.2, 0.25) is 0 Å². The van der Waals surface area contributed by atoms with E-state index in [-0.39, 0.29) is 6.85 Å². The summed E-state index contributed by atoms with van der Waals surface area (Å²) in [6.45, 7) is 4.55. The Hall–Kier alpha value is -6.00. The van der Waals surface area contributed by atoms with Crippen LogP contribution >= 0.6 is 0 Å². The van der Waals surface area contributed by atoms with Crippen molar-refractivity contribution in [3.8, 4) is 16.8 Å². The van der Waals surface area contributed by atoms with Crippen LogP contribution < -0.4 is 15.7 Å². The second kappa shape index (κ2) is 8.47. The normalized spacial score (nSPS) is 13.5. The van der Waals surface area contributed by atoms with Crippen LogP contribution in [-0.4, -0.2) is 15.8 Å². The van der Waals surface area contributed by atoms with E-state index in [0.717, 1.165) is 0 Å². The summed E-state index contributed by atoms with van der Waals surface area (Å²) in [6, 6.07) is 50.2. The number of aryl methyl sites for hydroxylation is 2. The number of hydrogen-bond acceptors (Lipinski definition) is 1. The fourth-order valence-corrected chi connectivity index (χ4v) is 9.62. The number of nitrogens with zero attached hydrogens (tertiary/aromatic N) is 3. The lowest BCUT2D eigenvalue weighted by Gasteiger charge is -2.43. The molecule has 0 saturated carbocycles. The minimum atomic E-state index is 0.0275. The molecule has 0 atom stereocenters. The van der Waals surface area contributed by atoms with E-state index in [1.165, 1.54) is 110 Å². The first kappa shape index (κ1) is 25.1. The van der Waals surface area contributed by atoms with Crippen molar-refractivity contribution < 1.29 is 0 Å². The van der Waals surface area contributed by atoms with Crippen molar-refractivity contribution in [3.05, 3.63) is 145 Å². The molecule has 5 heterocycles. The first-order valence-corrected chi connectivity index (χ1v) is 16.9. The highest BCUT2D eigenvalue weighted by atomic mass is 15.1. The average Bonchev–Trinajstić information content (AvgIpc) is 3.76. The number of para-hydroxylation sites is 5. The summed E-state index contributed by atoms with van der Waals surface area (Å²) in [5.74, 6) is 0. The van der Waals surface area contributed by atoms with Crippen LogP contribution in [0.5, 0.6) is 0 Å². The number of fused-ring (bicyclic) bond motifs is 14. The summed E-state index contributed by atoms with van der Waals surface area (Å²) in [5.41, 5.74) is 18.2. The van der Waals surface area contributed by atoms with Gasteiger partial charge in [0.2, 0.25) is 0 Å². The Kier molecular flexibility index (Phi) is 4.44. The molecule has 0 spiro atoms. The molecule has 0 fully saturated rings. The van der Waals surface area contributed by atoms with Gasteiger partial charge in [0.1, 0.15) is 0 Å². The Morgan fingerprint density at radius 3 is 2.04 bits per heavy atom. The third-order valence-corrected chi connectivity index (χ3v) is 11.4. The van der Waals surface area contributed by atoms with Crippen molar-refractivity contribution in [2.24, 2.45) is 0 Å². The molecule has 0 aliphatic carbocycles. The van der Waals surface area contributed by atoms with Crippen LogP contribution in [0.15, 0.2) is 133 Å². The lowest BCUT2D eigenvalue weighted by atomic mass is 9.43. The molecule has 0 saturated heterocycles. The van der Waals surface area contributed by atoms with Gasteiger partial charge in [0, 0.05) is 54.9 Å². The first-order valence-electron chi connectivity index (χ1n) is 16.9. The summed E-state index contributed by atoms with van der Waals surface area (Å²) in [6.07, 6.45) is 0. The number of aromatic nitrogens is 2. The van der Waals surface area contributed by atoms with Crippen molar-refractivity contribution in [3.63, 3.8) is 0 Å². The first-order chi connectivity index (χ1) is 23.7. The molecule has 3 nitrogen and oxygen atoms in total. The number of hydrogen-bond donors (Lipinski definition) is 0. The zero-order chi connectivity index (χ0) is 31.4. The van der Waals surface area contributed by atoms with E-state index in [0.29, 0.717) is 0 Å². The molecule has 222 valence electrons. The molecule has 0 amide bonds. The van der Waals surface area contributed by atoms with Crippen molar-refractivity contribution in [2.45, 2.75) is 13.8 Å². The maximum Gasteiger partial charge on any atom is 0.333 e. The van der Waals surface area contributed by atoms with Crippen molar-refractivity contribution in [1.82, 2.24) is 8.97 Å². The maximum atomic E-state index is 2.66. The molecule has 4 heteroatoms. The predicted molar refractivity (Wildman–Crippen MR) is 204 cm³/mol. The molecular weight excluding hydrogens is 581 g/mol. The highest BCUT2D eigenvalue weighted by Crippen LogP contribution is 2.51. The molecule has 12 rings (SSSR count). The van der Waals surface area contributed by atoms with E-state index in [1.807, 2.05) is 0 Å². The Morgan fingerprint density at radius 2 is 1.19 bits per heavy atom. The SMILES string of the molecule is Cc1cc2c3c(c1)-n1c4ccccc4c4cccc(c41)B3N(c1ccccc1C)c1ccc3c(c1-2)c1cccc2c4ccccc4n3c21. The third kappa shape index (κ3) is 2.78. The van der Waals surface area contributed by atoms with Gasteiger partial charge in [0.25, 0.3) is 0 Å². The molecule has 2 aliphatic heterocycles. The zero-order valence-electron chi connectivity index (χ0n) is 26.6. The third-order valence-electron chi connectivity index (χ3n) is 11.4. The summed E-state index contributed by atoms with van der Waals surface area (Å²) in [7, 11) is 0. The molecule has 0 bridgehead atoms.